The topological polar surface area (TPSA) is 69.5 Å². The second-order valence-electron chi connectivity index (χ2n) is 6.46. The fourth-order valence-corrected chi connectivity index (χ4v) is 2.74. The van der Waals surface area contributed by atoms with E-state index in [1.54, 1.807) is 4.57 Å². The summed E-state index contributed by atoms with van der Waals surface area (Å²) in [5.74, 6) is -0.568. The number of likely N-dealkylation sites (N-methyl/N-ethyl adjacent to an activating group) is 1. The number of halogens is 6. The number of carbonyl (C=O) groups excluding carboxylic acids is 1. The van der Waals surface area contributed by atoms with Crippen LogP contribution in [0, 0.1) is 0 Å². The normalized spacial score (nSPS) is 14.4. The van der Waals surface area contributed by atoms with Gasteiger partial charge in [-0.25, -0.2) is 0 Å². The van der Waals surface area contributed by atoms with E-state index in [1.807, 2.05) is 0 Å². The standard InChI is InChI=1S/C17H16F6N4O3/c1-26(15(28)14-25-24-13-9-29-4-3-27(13)14)2-5-30-12-7-10(16(18,19)20)6-11(8-12)17(21,22)23/h6-8H,2-5,9H2,1H3. The fourth-order valence-electron chi connectivity index (χ4n) is 2.74. The molecule has 164 valence electrons. The Balaban J connectivity index is 1.67. The van der Waals surface area contributed by atoms with Crippen LogP contribution in [0.5, 0.6) is 5.75 Å². The van der Waals surface area contributed by atoms with Crippen molar-refractivity contribution in [2.24, 2.45) is 0 Å². The molecule has 1 aliphatic heterocycles. The van der Waals surface area contributed by atoms with Crippen LogP contribution in [0.2, 0.25) is 0 Å². The van der Waals surface area contributed by atoms with Crippen LogP contribution >= 0.6 is 0 Å². The van der Waals surface area contributed by atoms with Gasteiger partial charge in [-0.3, -0.25) is 4.79 Å². The van der Waals surface area contributed by atoms with Gasteiger partial charge in [-0.1, -0.05) is 0 Å². The first-order valence-corrected chi connectivity index (χ1v) is 8.64. The number of alkyl halides is 6. The van der Waals surface area contributed by atoms with Crippen LogP contribution in [0.15, 0.2) is 18.2 Å². The number of carbonyl (C=O) groups is 1. The average Bonchev–Trinajstić information content (AvgIpc) is 3.10. The van der Waals surface area contributed by atoms with Crippen LogP contribution < -0.4 is 4.74 Å². The molecule has 0 fully saturated rings. The highest BCUT2D eigenvalue weighted by Gasteiger charge is 2.37. The molecule has 2 aromatic rings. The Hall–Kier alpha value is -2.83. The number of amides is 1. The summed E-state index contributed by atoms with van der Waals surface area (Å²) >= 11 is 0. The van der Waals surface area contributed by atoms with Crippen molar-refractivity contribution in [3.8, 4) is 5.75 Å². The highest BCUT2D eigenvalue weighted by Crippen LogP contribution is 2.38. The first kappa shape index (κ1) is 21.9. The molecule has 0 saturated heterocycles. The number of nitrogens with zero attached hydrogens (tertiary/aromatic N) is 4. The lowest BCUT2D eigenvalue weighted by atomic mass is 10.1. The third-order valence-electron chi connectivity index (χ3n) is 4.31. The smallest absolute Gasteiger partial charge is 0.416 e. The van der Waals surface area contributed by atoms with E-state index in [9.17, 15) is 31.1 Å². The van der Waals surface area contributed by atoms with Crippen LogP contribution in [0.4, 0.5) is 26.3 Å². The van der Waals surface area contributed by atoms with Crippen molar-refractivity contribution >= 4 is 5.91 Å². The van der Waals surface area contributed by atoms with Gasteiger partial charge in [0.15, 0.2) is 5.82 Å². The fraction of sp³-hybridized carbons (Fsp3) is 0.471. The van der Waals surface area contributed by atoms with Crippen molar-refractivity contribution in [1.29, 1.82) is 0 Å². The number of hydrogen-bond donors (Lipinski definition) is 0. The second kappa shape index (κ2) is 8.13. The van der Waals surface area contributed by atoms with Crippen LogP contribution in [-0.4, -0.2) is 52.4 Å². The molecule has 0 aliphatic carbocycles. The summed E-state index contributed by atoms with van der Waals surface area (Å²) in [6.07, 6.45) is -9.94. The van der Waals surface area contributed by atoms with Gasteiger partial charge >= 0.3 is 12.4 Å². The van der Waals surface area contributed by atoms with Crippen molar-refractivity contribution in [3.63, 3.8) is 0 Å². The lowest BCUT2D eigenvalue weighted by Gasteiger charge is -2.20. The summed E-state index contributed by atoms with van der Waals surface area (Å²) < 4.78 is 89.2. The lowest BCUT2D eigenvalue weighted by Crippen LogP contribution is -2.34. The van der Waals surface area contributed by atoms with Gasteiger partial charge in [-0.05, 0) is 18.2 Å². The number of rotatable bonds is 5. The first-order valence-electron chi connectivity index (χ1n) is 8.64. The third kappa shape index (κ3) is 4.83. The molecular formula is C17H16F6N4O3. The largest absolute Gasteiger partial charge is 0.492 e. The Labute approximate surface area is 166 Å². The molecule has 30 heavy (non-hydrogen) atoms. The molecule has 1 aliphatic rings. The number of hydrogen-bond acceptors (Lipinski definition) is 5. The van der Waals surface area contributed by atoms with E-state index in [1.165, 1.54) is 11.9 Å². The van der Waals surface area contributed by atoms with E-state index in [4.69, 9.17) is 9.47 Å². The average molecular weight is 438 g/mol. The van der Waals surface area contributed by atoms with Gasteiger partial charge in [0.2, 0.25) is 5.82 Å². The van der Waals surface area contributed by atoms with Gasteiger partial charge in [-0.2, -0.15) is 26.3 Å². The van der Waals surface area contributed by atoms with Crippen molar-refractivity contribution in [1.82, 2.24) is 19.7 Å². The zero-order valence-electron chi connectivity index (χ0n) is 15.5. The van der Waals surface area contributed by atoms with Crippen LogP contribution in [0.25, 0.3) is 0 Å². The van der Waals surface area contributed by atoms with Crippen LogP contribution in [0.3, 0.4) is 0 Å². The molecule has 0 spiro atoms. The monoisotopic (exact) mass is 438 g/mol. The number of benzene rings is 1. The maximum atomic E-state index is 12.9. The van der Waals surface area contributed by atoms with Gasteiger partial charge in [-0.15, -0.1) is 10.2 Å². The van der Waals surface area contributed by atoms with Gasteiger partial charge in [0, 0.05) is 13.6 Å². The SMILES string of the molecule is CN(CCOc1cc(C(F)(F)F)cc(C(F)(F)F)c1)C(=O)c1nnc2n1CCOC2. The molecular weight excluding hydrogens is 422 g/mol. The van der Waals surface area contributed by atoms with E-state index in [-0.39, 0.29) is 31.6 Å². The van der Waals surface area contributed by atoms with E-state index in [0.717, 1.165) is 0 Å². The third-order valence-corrected chi connectivity index (χ3v) is 4.31. The van der Waals surface area contributed by atoms with E-state index in [0.29, 0.717) is 31.1 Å². The molecule has 0 unspecified atom stereocenters. The zero-order valence-corrected chi connectivity index (χ0v) is 15.5. The molecule has 0 bridgehead atoms. The van der Waals surface area contributed by atoms with E-state index in [2.05, 4.69) is 10.2 Å². The second-order valence-corrected chi connectivity index (χ2v) is 6.46. The molecule has 1 amide bonds. The molecule has 3 rings (SSSR count). The predicted octanol–water partition coefficient (Wildman–Crippen LogP) is 3.00. The van der Waals surface area contributed by atoms with E-state index < -0.39 is 35.1 Å². The van der Waals surface area contributed by atoms with Crippen molar-refractivity contribution in [3.05, 3.63) is 41.0 Å². The minimum atomic E-state index is -4.97. The van der Waals surface area contributed by atoms with Crippen molar-refractivity contribution < 1.29 is 40.6 Å². The Bertz CT molecular complexity index is 893. The maximum Gasteiger partial charge on any atom is 0.416 e. The molecule has 1 aromatic heterocycles. The Morgan fingerprint density at radius 3 is 2.37 bits per heavy atom. The van der Waals surface area contributed by atoms with Gasteiger partial charge in [0.05, 0.1) is 24.3 Å². The molecule has 13 heteroatoms. The van der Waals surface area contributed by atoms with Gasteiger partial charge < -0.3 is 18.9 Å². The molecule has 7 nitrogen and oxygen atoms in total. The van der Waals surface area contributed by atoms with Crippen LogP contribution in [0.1, 0.15) is 27.6 Å². The Morgan fingerprint density at radius 1 is 1.13 bits per heavy atom. The summed E-state index contributed by atoms with van der Waals surface area (Å²) in [6.45, 7) is 0.553. The number of ether oxygens (including phenoxy) is 2. The summed E-state index contributed by atoms with van der Waals surface area (Å²) in [6, 6.07) is 0.971. The minimum Gasteiger partial charge on any atom is -0.492 e. The molecule has 0 N–H and O–H groups in total. The minimum absolute atomic E-state index is 0.0146. The van der Waals surface area contributed by atoms with Gasteiger partial charge in [0.25, 0.3) is 5.91 Å². The highest BCUT2D eigenvalue weighted by molar-refractivity contribution is 5.90. The lowest BCUT2D eigenvalue weighted by molar-refractivity contribution is -0.143. The summed E-state index contributed by atoms with van der Waals surface area (Å²) in [5, 5.41) is 7.66. The molecule has 2 heterocycles. The summed E-state index contributed by atoms with van der Waals surface area (Å²) in [5.41, 5.74) is -2.96. The van der Waals surface area contributed by atoms with Crippen molar-refractivity contribution in [2.45, 2.75) is 25.5 Å². The first-order chi connectivity index (χ1) is 14.0. The van der Waals surface area contributed by atoms with E-state index >= 15 is 0 Å². The summed E-state index contributed by atoms with van der Waals surface area (Å²) in [7, 11) is 1.40. The Kier molecular flexibility index (Phi) is 5.92. The predicted molar refractivity (Wildman–Crippen MR) is 88.6 cm³/mol. The zero-order chi connectivity index (χ0) is 22.1. The summed E-state index contributed by atoms with van der Waals surface area (Å²) in [4.78, 5) is 13.7. The Morgan fingerprint density at radius 2 is 1.77 bits per heavy atom. The molecule has 0 radical (unpaired) electrons. The molecule has 0 saturated carbocycles. The quantitative estimate of drug-likeness (QED) is 0.672. The number of aromatic nitrogens is 3. The maximum absolute atomic E-state index is 12.9. The molecule has 1 aromatic carbocycles. The van der Waals surface area contributed by atoms with Crippen molar-refractivity contribution in [2.75, 3.05) is 26.8 Å². The van der Waals surface area contributed by atoms with Crippen LogP contribution in [-0.2, 0) is 30.2 Å². The molecule has 0 atom stereocenters. The van der Waals surface area contributed by atoms with Gasteiger partial charge in [0.1, 0.15) is 19.0 Å². The highest BCUT2D eigenvalue weighted by atomic mass is 19.4. The number of fused-ring (bicyclic) bond motifs is 1.